The highest BCUT2D eigenvalue weighted by Crippen LogP contribution is 2.37. The molecule has 1 saturated heterocycles. The minimum Gasteiger partial charge on any atom is -0.463 e. The van der Waals surface area contributed by atoms with Gasteiger partial charge in [-0.25, -0.2) is 0 Å². The lowest BCUT2D eigenvalue weighted by atomic mass is 9.96. The standard InChI is InChI=1S/C29H32N2O11S2/c1-6-43(30-44(37,38)20-13-11-16(2)12-14-20)29-24(31-27(35)21-9-7-8-10-22(21)28(31)36)26(41-19(5)34)25(40-18(4)33)23(42-29)15-39-17(3)32/h7-14,23-26,29H,6,15H2,1-5H3/t23-,24-,25-,26-,29+,43?/m1/s1. The number of amides is 2. The van der Waals surface area contributed by atoms with Crippen LogP contribution in [-0.4, -0.2) is 85.2 Å². The molecule has 0 radical (unpaired) electrons. The Morgan fingerprint density at radius 3 is 1.93 bits per heavy atom. The zero-order valence-electron chi connectivity index (χ0n) is 24.6. The molecule has 13 nitrogen and oxygen atoms in total. The topological polar surface area (TPSA) is 172 Å². The van der Waals surface area contributed by atoms with E-state index in [1.54, 1.807) is 38.1 Å². The van der Waals surface area contributed by atoms with E-state index in [2.05, 4.69) is 3.77 Å². The number of fused-ring (bicyclic) bond motifs is 1. The fourth-order valence-corrected chi connectivity index (χ4v) is 8.79. The minimum absolute atomic E-state index is 0.0563. The summed E-state index contributed by atoms with van der Waals surface area (Å²) in [5.74, 6) is -3.80. The molecule has 2 aromatic carbocycles. The van der Waals surface area contributed by atoms with Gasteiger partial charge in [0.15, 0.2) is 12.2 Å². The van der Waals surface area contributed by atoms with Crippen molar-refractivity contribution in [1.82, 2.24) is 4.90 Å². The number of hydrogen-bond acceptors (Lipinski definition) is 11. The molecule has 2 aliphatic rings. The van der Waals surface area contributed by atoms with Crippen molar-refractivity contribution in [3.05, 3.63) is 65.2 Å². The second-order valence-corrected chi connectivity index (χ2v) is 13.9. The zero-order valence-corrected chi connectivity index (χ0v) is 26.3. The summed E-state index contributed by atoms with van der Waals surface area (Å²) in [6, 6.07) is 10.6. The third-order valence-electron chi connectivity index (χ3n) is 6.87. The normalized spacial score (nSPS) is 24.0. The van der Waals surface area contributed by atoms with Crippen molar-refractivity contribution in [2.24, 2.45) is 3.77 Å². The molecule has 2 amide bonds. The Kier molecular flexibility index (Phi) is 10.0. The van der Waals surface area contributed by atoms with Crippen LogP contribution in [0.2, 0.25) is 0 Å². The number of imide groups is 1. The van der Waals surface area contributed by atoms with E-state index in [4.69, 9.17) is 18.9 Å². The van der Waals surface area contributed by atoms with Gasteiger partial charge in [-0.3, -0.25) is 28.9 Å². The van der Waals surface area contributed by atoms with Crippen LogP contribution >= 0.6 is 0 Å². The summed E-state index contributed by atoms with van der Waals surface area (Å²) in [5.41, 5.74) is -0.415. The molecule has 0 aliphatic carbocycles. The molecule has 0 N–H and O–H groups in total. The quantitative estimate of drug-likeness (QED) is 0.222. The number of nitrogens with zero attached hydrogens (tertiary/aromatic N) is 2. The molecular formula is C29H32N2O11S2. The highest BCUT2D eigenvalue weighted by Gasteiger charge is 2.57. The average Bonchev–Trinajstić information content (AvgIpc) is 3.20. The van der Waals surface area contributed by atoms with Crippen LogP contribution in [0.3, 0.4) is 0 Å². The Balaban J connectivity index is 1.93. The molecule has 1 fully saturated rings. The lowest BCUT2D eigenvalue weighted by Gasteiger charge is -2.47. The number of carbonyl (C=O) groups is 5. The number of carbonyl (C=O) groups excluding carboxylic acids is 5. The van der Waals surface area contributed by atoms with Crippen LogP contribution in [0.4, 0.5) is 0 Å². The second kappa shape index (κ2) is 13.4. The van der Waals surface area contributed by atoms with E-state index < -0.39 is 86.8 Å². The average molecular weight is 649 g/mol. The molecule has 2 aromatic rings. The summed E-state index contributed by atoms with van der Waals surface area (Å²) >= 11 is 0. The van der Waals surface area contributed by atoms with Crippen LogP contribution in [0.1, 0.15) is 54.0 Å². The molecule has 6 atom stereocenters. The SMILES string of the molecule is CC/S(=N\S(=O)(=O)c1ccc(C)cc1)[C@@H]1O[C@H](COC(C)=O)[C@@H](OC(C)=O)[C@H](OC(C)=O)[C@H]1N1C(=O)c2ccccc2C1=O. The van der Waals surface area contributed by atoms with Crippen molar-refractivity contribution in [3.8, 4) is 0 Å². The number of hydrogen-bond donors (Lipinski definition) is 0. The fourth-order valence-electron chi connectivity index (χ4n) is 5.00. The van der Waals surface area contributed by atoms with Crippen molar-refractivity contribution in [3.63, 3.8) is 0 Å². The molecule has 0 spiro atoms. The van der Waals surface area contributed by atoms with Crippen molar-refractivity contribution >= 4 is 50.4 Å². The summed E-state index contributed by atoms with van der Waals surface area (Å²) in [5, 5.41) is 0. The van der Waals surface area contributed by atoms with E-state index in [0.717, 1.165) is 31.2 Å². The fraction of sp³-hybridized carbons (Fsp3) is 0.414. The Hall–Kier alpha value is -3.95. The molecule has 0 aromatic heterocycles. The van der Waals surface area contributed by atoms with Gasteiger partial charge in [0.25, 0.3) is 21.8 Å². The zero-order chi connectivity index (χ0) is 32.3. The summed E-state index contributed by atoms with van der Waals surface area (Å²) < 4.78 is 53.7. The molecule has 2 aliphatic heterocycles. The Morgan fingerprint density at radius 2 is 1.43 bits per heavy atom. The van der Waals surface area contributed by atoms with Gasteiger partial charge in [0.2, 0.25) is 0 Å². The maximum Gasteiger partial charge on any atom is 0.303 e. The largest absolute Gasteiger partial charge is 0.463 e. The van der Waals surface area contributed by atoms with E-state index in [1.807, 2.05) is 0 Å². The van der Waals surface area contributed by atoms with Crippen LogP contribution in [0.5, 0.6) is 0 Å². The van der Waals surface area contributed by atoms with E-state index in [-0.39, 0.29) is 21.8 Å². The Labute approximate surface area is 256 Å². The molecule has 4 rings (SSSR count). The predicted octanol–water partition coefficient (Wildman–Crippen LogP) is 2.32. The van der Waals surface area contributed by atoms with Crippen LogP contribution in [0.25, 0.3) is 0 Å². The van der Waals surface area contributed by atoms with E-state index in [0.29, 0.717) is 0 Å². The monoisotopic (exact) mass is 648 g/mol. The number of aryl methyl sites for hydroxylation is 1. The first-order valence-corrected chi connectivity index (χ1v) is 16.4. The van der Waals surface area contributed by atoms with Crippen LogP contribution in [0, 0.1) is 6.92 Å². The smallest absolute Gasteiger partial charge is 0.303 e. The molecule has 0 saturated carbocycles. The van der Waals surface area contributed by atoms with Crippen molar-refractivity contribution in [1.29, 1.82) is 0 Å². The van der Waals surface area contributed by atoms with Crippen LogP contribution < -0.4 is 0 Å². The first-order valence-electron chi connectivity index (χ1n) is 13.6. The number of rotatable bonds is 9. The van der Waals surface area contributed by atoms with Crippen molar-refractivity contribution < 1.29 is 51.3 Å². The van der Waals surface area contributed by atoms with Gasteiger partial charge in [-0.15, -0.1) is 3.77 Å². The molecule has 2 heterocycles. The first-order chi connectivity index (χ1) is 20.7. The van der Waals surface area contributed by atoms with Gasteiger partial charge in [0.1, 0.15) is 24.2 Å². The summed E-state index contributed by atoms with van der Waals surface area (Å²) in [6.07, 6.45) is -4.29. The molecular weight excluding hydrogens is 616 g/mol. The summed E-state index contributed by atoms with van der Waals surface area (Å²) in [7, 11) is -5.91. The number of benzene rings is 2. The van der Waals surface area contributed by atoms with Gasteiger partial charge in [-0.1, -0.05) is 47.4 Å². The third kappa shape index (κ3) is 6.89. The van der Waals surface area contributed by atoms with E-state index in [9.17, 15) is 32.4 Å². The van der Waals surface area contributed by atoms with Crippen LogP contribution in [0.15, 0.2) is 57.2 Å². The third-order valence-corrected chi connectivity index (χ3v) is 10.8. The van der Waals surface area contributed by atoms with E-state index in [1.165, 1.54) is 24.3 Å². The number of ether oxygens (including phenoxy) is 4. The summed E-state index contributed by atoms with van der Waals surface area (Å²) in [6.45, 7) is 6.28. The summed E-state index contributed by atoms with van der Waals surface area (Å²) in [4.78, 5) is 64.7. The van der Waals surface area contributed by atoms with Gasteiger partial charge in [0, 0.05) is 26.5 Å². The number of sulfonamides is 1. The lowest BCUT2D eigenvalue weighted by Crippen LogP contribution is -2.68. The lowest BCUT2D eigenvalue weighted by molar-refractivity contribution is -0.217. The Morgan fingerprint density at radius 1 is 0.886 bits per heavy atom. The predicted molar refractivity (Wildman–Crippen MR) is 156 cm³/mol. The second-order valence-electron chi connectivity index (χ2n) is 10.1. The highest BCUT2D eigenvalue weighted by molar-refractivity contribution is 8.00. The van der Waals surface area contributed by atoms with Gasteiger partial charge in [-0.2, -0.15) is 8.42 Å². The number of esters is 3. The molecule has 1 unspecified atom stereocenters. The minimum atomic E-state index is -4.29. The highest BCUT2D eigenvalue weighted by atomic mass is 32.3. The van der Waals surface area contributed by atoms with Crippen molar-refractivity contribution in [2.45, 2.75) is 69.3 Å². The van der Waals surface area contributed by atoms with Crippen LogP contribution in [-0.2, 0) is 54.0 Å². The Bertz CT molecular complexity index is 1590. The molecule has 15 heteroatoms. The molecule has 0 bridgehead atoms. The van der Waals surface area contributed by atoms with Gasteiger partial charge in [0.05, 0.1) is 16.0 Å². The molecule has 44 heavy (non-hydrogen) atoms. The van der Waals surface area contributed by atoms with Gasteiger partial charge < -0.3 is 18.9 Å². The van der Waals surface area contributed by atoms with Gasteiger partial charge >= 0.3 is 17.9 Å². The van der Waals surface area contributed by atoms with E-state index >= 15 is 0 Å². The maximum atomic E-state index is 13.7. The van der Waals surface area contributed by atoms with Gasteiger partial charge in [-0.05, 0) is 31.2 Å². The molecule has 236 valence electrons. The first kappa shape index (κ1) is 33.0. The maximum absolute atomic E-state index is 13.7. The van der Waals surface area contributed by atoms with Crippen molar-refractivity contribution in [2.75, 3.05) is 12.4 Å².